The second kappa shape index (κ2) is 8.61. The van der Waals surface area contributed by atoms with Crippen LogP contribution >= 0.6 is 0 Å². The second-order valence-corrected chi connectivity index (χ2v) is 7.39. The van der Waals surface area contributed by atoms with Gasteiger partial charge in [-0.15, -0.1) is 0 Å². The molecule has 1 amide bonds. The first kappa shape index (κ1) is 18.7. The number of nitrogens with zero attached hydrogens (tertiary/aromatic N) is 3. The van der Waals surface area contributed by atoms with Crippen LogP contribution in [0.4, 0.5) is 0 Å². The number of carbonyl (C=O) groups excluding carboxylic acids is 1. The predicted octanol–water partition coefficient (Wildman–Crippen LogP) is 2.63. The van der Waals surface area contributed by atoms with Gasteiger partial charge in [-0.05, 0) is 37.1 Å². The van der Waals surface area contributed by atoms with E-state index in [4.69, 9.17) is 9.47 Å². The fourth-order valence-corrected chi connectivity index (χ4v) is 3.95. The van der Waals surface area contributed by atoms with Crippen LogP contribution in [-0.4, -0.2) is 66.6 Å². The Labute approximate surface area is 166 Å². The second-order valence-electron chi connectivity index (χ2n) is 7.39. The van der Waals surface area contributed by atoms with Crippen molar-refractivity contribution in [2.45, 2.75) is 25.3 Å². The van der Waals surface area contributed by atoms with Crippen molar-refractivity contribution in [2.75, 3.05) is 39.9 Å². The van der Waals surface area contributed by atoms with E-state index >= 15 is 0 Å². The van der Waals surface area contributed by atoms with Crippen molar-refractivity contribution < 1.29 is 14.3 Å². The summed E-state index contributed by atoms with van der Waals surface area (Å²) in [6.45, 7) is 4.02. The number of hydrogen-bond donors (Lipinski definition) is 0. The largest absolute Gasteiger partial charge is 0.486 e. The highest BCUT2D eigenvalue weighted by atomic mass is 16.6. The number of hydrogen-bond acceptors (Lipinski definition) is 5. The van der Waals surface area contributed by atoms with Gasteiger partial charge in [0.2, 0.25) is 0 Å². The molecule has 0 atom stereocenters. The number of fused-ring (bicyclic) bond motifs is 1. The van der Waals surface area contributed by atoms with Crippen LogP contribution in [0.2, 0.25) is 0 Å². The third-order valence-corrected chi connectivity index (χ3v) is 5.63. The molecule has 1 aromatic carbocycles. The van der Waals surface area contributed by atoms with Gasteiger partial charge < -0.3 is 19.3 Å². The normalized spacial score (nSPS) is 17.3. The van der Waals surface area contributed by atoms with Crippen LogP contribution in [0.3, 0.4) is 0 Å². The molecule has 2 aliphatic heterocycles. The molecular weight excluding hydrogens is 354 g/mol. The summed E-state index contributed by atoms with van der Waals surface area (Å²) in [6, 6.07) is 11.8. The number of benzene rings is 1. The average molecular weight is 381 g/mol. The SMILES string of the molecule is CN(C(=O)c1cccc2c1OCCO2)C1CCN(CCc2ccccn2)CC1. The fourth-order valence-electron chi connectivity index (χ4n) is 3.95. The molecule has 4 rings (SSSR count). The highest BCUT2D eigenvalue weighted by Gasteiger charge is 2.29. The minimum absolute atomic E-state index is 0.00860. The Kier molecular flexibility index (Phi) is 5.76. The van der Waals surface area contributed by atoms with Crippen molar-refractivity contribution in [3.05, 3.63) is 53.9 Å². The lowest BCUT2D eigenvalue weighted by molar-refractivity contribution is 0.0634. The number of amides is 1. The van der Waals surface area contributed by atoms with Gasteiger partial charge in [0.05, 0.1) is 5.56 Å². The number of ether oxygens (including phenoxy) is 2. The molecule has 3 heterocycles. The molecule has 0 spiro atoms. The number of aromatic nitrogens is 1. The van der Waals surface area contributed by atoms with Crippen LogP contribution in [0, 0.1) is 0 Å². The molecule has 2 aliphatic rings. The van der Waals surface area contributed by atoms with E-state index in [9.17, 15) is 4.79 Å². The fraction of sp³-hybridized carbons (Fsp3) is 0.455. The predicted molar refractivity (Wildman–Crippen MR) is 107 cm³/mol. The smallest absolute Gasteiger partial charge is 0.257 e. The number of carbonyl (C=O) groups is 1. The molecule has 28 heavy (non-hydrogen) atoms. The minimum Gasteiger partial charge on any atom is -0.486 e. The molecule has 0 unspecified atom stereocenters. The molecule has 6 nitrogen and oxygen atoms in total. The maximum absolute atomic E-state index is 13.1. The van der Waals surface area contributed by atoms with E-state index in [1.807, 2.05) is 48.5 Å². The molecule has 6 heteroatoms. The lowest BCUT2D eigenvalue weighted by Crippen LogP contribution is -2.46. The monoisotopic (exact) mass is 381 g/mol. The molecule has 0 aliphatic carbocycles. The molecule has 2 aromatic rings. The van der Waals surface area contributed by atoms with Gasteiger partial charge in [0.15, 0.2) is 11.5 Å². The van der Waals surface area contributed by atoms with E-state index < -0.39 is 0 Å². The quantitative estimate of drug-likeness (QED) is 0.797. The van der Waals surface area contributed by atoms with Crippen molar-refractivity contribution in [3.8, 4) is 11.5 Å². The summed E-state index contributed by atoms with van der Waals surface area (Å²) >= 11 is 0. The first-order valence-electron chi connectivity index (χ1n) is 10.0. The number of piperidine rings is 1. The van der Waals surface area contributed by atoms with E-state index in [2.05, 4.69) is 16.0 Å². The topological polar surface area (TPSA) is 54.9 Å². The number of rotatable bonds is 5. The molecule has 0 bridgehead atoms. The van der Waals surface area contributed by atoms with E-state index in [1.54, 1.807) is 0 Å². The van der Waals surface area contributed by atoms with Gasteiger partial charge in [-0.3, -0.25) is 9.78 Å². The van der Waals surface area contributed by atoms with Crippen LogP contribution in [0.15, 0.2) is 42.6 Å². The minimum atomic E-state index is 0.00860. The van der Waals surface area contributed by atoms with Crippen LogP contribution < -0.4 is 9.47 Å². The summed E-state index contributed by atoms with van der Waals surface area (Å²) in [6.07, 6.45) is 4.78. The van der Waals surface area contributed by atoms with Gasteiger partial charge in [-0.25, -0.2) is 0 Å². The van der Waals surface area contributed by atoms with E-state index in [1.165, 1.54) is 0 Å². The molecule has 1 aromatic heterocycles. The third kappa shape index (κ3) is 4.12. The van der Waals surface area contributed by atoms with Crippen molar-refractivity contribution in [2.24, 2.45) is 0 Å². The van der Waals surface area contributed by atoms with E-state index in [0.29, 0.717) is 30.3 Å². The zero-order valence-corrected chi connectivity index (χ0v) is 16.3. The Morgan fingerprint density at radius 2 is 1.96 bits per heavy atom. The summed E-state index contributed by atoms with van der Waals surface area (Å²) < 4.78 is 11.3. The Morgan fingerprint density at radius 3 is 2.75 bits per heavy atom. The van der Waals surface area contributed by atoms with E-state index in [0.717, 1.165) is 44.6 Å². The van der Waals surface area contributed by atoms with Crippen molar-refractivity contribution in [1.29, 1.82) is 0 Å². The van der Waals surface area contributed by atoms with Crippen LogP contribution in [-0.2, 0) is 6.42 Å². The summed E-state index contributed by atoms with van der Waals surface area (Å²) in [5.41, 5.74) is 1.73. The summed E-state index contributed by atoms with van der Waals surface area (Å²) in [5, 5.41) is 0. The Morgan fingerprint density at radius 1 is 1.14 bits per heavy atom. The molecule has 0 radical (unpaired) electrons. The van der Waals surface area contributed by atoms with Crippen LogP contribution in [0.1, 0.15) is 28.9 Å². The van der Waals surface area contributed by atoms with Crippen molar-refractivity contribution in [1.82, 2.24) is 14.8 Å². The Hall–Kier alpha value is -2.60. The van der Waals surface area contributed by atoms with Gasteiger partial charge in [0, 0.05) is 51.0 Å². The van der Waals surface area contributed by atoms with Crippen LogP contribution in [0.25, 0.3) is 0 Å². The number of likely N-dealkylation sites (tertiary alicyclic amines) is 1. The van der Waals surface area contributed by atoms with Gasteiger partial charge in [0.1, 0.15) is 13.2 Å². The zero-order chi connectivity index (χ0) is 19.3. The van der Waals surface area contributed by atoms with Crippen molar-refractivity contribution >= 4 is 5.91 Å². The highest BCUT2D eigenvalue weighted by Crippen LogP contribution is 2.34. The number of para-hydroxylation sites is 1. The Balaban J connectivity index is 1.33. The standard InChI is InChI=1S/C22H27N3O3/c1-24(22(26)19-6-4-7-20-21(19)28-16-15-27-20)18-9-13-25(14-10-18)12-8-17-5-2-3-11-23-17/h2-7,11,18H,8-10,12-16H2,1H3. The molecule has 148 valence electrons. The van der Waals surface area contributed by atoms with Gasteiger partial charge >= 0.3 is 0 Å². The van der Waals surface area contributed by atoms with Gasteiger partial charge in [-0.1, -0.05) is 12.1 Å². The van der Waals surface area contributed by atoms with Gasteiger partial charge in [-0.2, -0.15) is 0 Å². The summed E-state index contributed by atoms with van der Waals surface area (Å²) in [4.78, 5) is 21.8. The molecule has 1 saturated heterocycles. The Bertz CT molecular complexity index is 804. The third-order valence-electron chi connectivity index (χ3n) is 5.63. The van der Waals surface area contributed by atoms with Crippen molar-refractivity contribution in [3.63, 3.8) is 0 Å². The first-order valence-corrected chi connectivity index (χ1v) is 10.0. The van der Waals surface area contributed by atoms with E-state index in [-0.39, 0.29) is 11.9 Å². The lowest BCUT2D eigenvalue weighted by atomic mass is 10.0. The van der Waals surface area contributed by atoms with Gasteiger partial charge in [0.25, 0.3) is 5.91 Å². The zero-order valence-electron chi connectivity index (χ0n) is 16.3. The molecule has 1 fully saturated rings. The molecule has 0 N–H and O–H groups in total. The maximum Gasteiger partial charge on any atom is 0.257 e. The summed E-state index contributed by atoms with van der Waals surface area (Å²) in [7, 11) is 1.90. The average Bonchev–Trinajstić information content (AvgIpc) is 2.77. The summed E-state index contributed by atoms with van der Waals surface area (Å²) in [5.74, 6) is 1.25. The first-order chi connectivity index (χ1) is 13.7. The molecule has 0 saturated carbocycles. The highest BCUT2D eigenvalue weighted by molar-refractivity contribution is 5.98. The molecular formula is C22H27N3O3. The number of pyridine rings is 1. The maximum atomic E-state index is 13.1. The lowest BCUT2D eigenvalue weighted by Gasteiger charge is -2.37. The van der Waals surface area contributed by atoms with Crippen LogP contribution in [0.5, 0.6) is 11.5 Å².